The SMILES string of the molecule is CCCNC(C)c1ccc(N2CCC(C)CC2)nc1. The molecule has 2 heterocycles. The molecule has 0 radical (unpaired) electrons. The van der Waals surface area contributed by atoms with Crippen LogP contribution in [-0.2, 0) is 0 Å². The van der Waals surface area contributed by atoms with Gasteiger partial charge in [-0.2, -0.15) is 0 Å². The minimum Gasteiger partial charge on any atom is -0.357 e. The van der Waals surface area contributed by atoms with E-state index < -0.39 is 0 Å². The molecule has 0 spiro atoms. The molecule has 1 aromatic heterocycles. The smallest absolute Gasteiger partial charge is 0.128 e. The molecule has 3 heteroatoms. The zero-order valence-corrected chi connectivity index (χ0v) is 12.5. The average Bonchev–Trinajstić information content (AvgIpc) is 2.46. The third kappa shape index (κ3) is 3.93. The van der Waals surface area contributed by atoms with E-state index in [-0.39, 0.29) is 0 Å². The second-order valence-electron chi connectivity index (χ2n) is 5.80. The summed E-state index contributed by atoms with van der Waals surface area (Å²) in [5.74, 6) is 2.01. The first-order chi connectivity index (χ1) is 9.20. The normalized spacial score (nSPS) is 18.6. The maximum Gasteiger partial charge on any atom is 0.128 e. The van der Waals surface area contributed by atoms with E-state index in [2.05, 4.69) is 48.1 Å². The van der Waals surface area contributed by atoms with Gasteiger partial charge in [-0.3, -0.25) is 0 Å². The van der Waals surface area contributed by atoms with Crippen LogP contribution in [0.15, 0.2) is 18.3 Å². The molecule has 3 nitrogen and oxygen atoms in total. The first-order valence-electron chi connectivity index (χ1n) is 7.65. The van der Waals surface area contributed by atoms with Gasteiger partial charge in [0.1, 0.15) is 5.82 Å². The molecule has 2 rings (SSSR count). The second kappa shape index (κ2) is 6.90. The highest BCUT2D eigenvalue weighted by Crippen LogP contribution is 2.22. The lowest BCUT2D eigenvalue weighted by Gasteiger charge is -2.31. The van der Waals surface area contributed by atoms with Crippen LogP contribution in [0.4, 0.5) is 5.82 Å². The van der Waals surface area contributed by atoms with E-state index in [4.69, 9.17) is 0 Å². The fourth-order valence-corrected chi connectivity index (χ4v) is 2.56. The van der Waals surface area contributed by atoms with Crippen LogP contribution in [0.3, 0.4) is 0 Å². The quantitative estimate of drug-likeness (QED) is 0.880. The Hall–Kier alpha value is -1.09. The highest BCUT2D eigenvalue weighted by Gasteiger charge is 2.17. The first kappa shape index (κ1) is 14.3. The number of anilines is 1. The Bertz CT molecular complexity index is 366. The molecule has 1 fully saturated rings. The number of hydrogen-bond donors (Lipinski definition) is 1. The van der Waals surface area contributed by atoms with Gasteiger partial charge in [-0.25, -0.2) is 4.98 Å². The summed E-state index contributed by atoms with van der Waals surface area (Å²) in [5.41, 5.74) is 1.28. The molecule has 1 aliphatic rings. The Morgan fingerprint density at radius 3 is 2.68 bits per heavy atom. The average molecular weight is 261 g/mol. The van der Waals surface area contributed by atoms with Gasteiger partial charge >= 0.3 is 0 Å². The van der Waals surface area contributed by atoms with Crippen LogP contribution in [0, 0.1) is 5.92 Å². The number of hydrogen-bond acceptors (Lipinski definition) is 3. The van der Waals surface area contributed by atoms with E-state index in [1.54, 1.807) is 0 Å². The summed E-state index contributed by atoms with van der Waals surface area (Å²) < 4.78 is 0. The largest absolute Gasteiger partial charge is 0.357 e. The molecule has 1 saturated heterocycles. The third-order valence-corrected chi connectivity index (χ3v) is 4.08. The molecule has 0 amide bonds. The van der Waals surface area contributed by atoms with Crippen LogP contribution in [-0.4, -0.2) is 24.6 Å². The maximum absolute atomic E-state index is 4.64. The van der Waals surface area contributed by atoms with Crippen molar-refractivity contribution in [1.29, 1.82) is 0 Å². The molecule has 0 aliphatic carbocycles. The minimum absolute atomic E-state index is 0.392. The van der Waals surface area contributed by atoms with Crippen molar-refractivity contribution in [1.82, 2.24) is 10.3 Å². The number of nitrogens with zero attached hydrogens (tertiary/aromatic N) is 2. The summed E-state index contributed by atoms with van der Waals surface area (Å²) in [4.78, 5) is 7.05. The summed E-state index contributed by atoms with van der Waals surface area (Å²) in [6.07, 6.45) is 5.78. The molecule has 0 aromatic carbocycles. The van der Waals surface area contributed by atoms with Gasteiger partial charge in [-0.05, 0) is 50.3 Å². The summed E-state index contributed by atoms with van der Waals surface area (Å²) in [5, 5.41) is 3.50. The molecule has 106 valence electrons. The van der Waals surface area contributed by atoms with Crippen molar-refractivity contribution in [3.63, 3.8) is 0 Å². The van der Waals surface area contributed by atoms with Crippen molar-refractivity contribution < 1.29 is 0 Å². The highest BCUT2D eigenvalue weighted by molar-refractivity contribution is 5.40. The third-order valence-electron chi connectivity index (χ3n) is 4.08. The first-order valence-corrected chi connectivity index (χ1v) is 7.65. The summed E-state index contributed by atoms with van der Waals surface area (Å²) in [6.45, 7) is 10.1. The van der Waals surface area contributed by atoms with Crippen molar-refractivity contribution in [3.05, 3.63) is 23.9 Å². The Kier molecular flexibility index (Phi) is 5.20. The molecular weight excluding hydrogens is 234 g/mol. The molecule has 0 saturated carbocycles. The number of piperidine rings is 1. The van der Waals surface area contributed by atoms with Crippen LogP contribution in [0.5, 0.6) is 0 Å². The van der Waals surface area contributed by atoms with Crippen molar-refractivity contribution in [2.24, 2.45) is 5.92 Å². The van der Waals surface area contributed by atoms with Crippen molar-refractivity contribution >= 4 is 5.82 Å². The summed E-state index contributed by atoms with van der Waals surface area (Å²) in [6, 6.07) is 4.78. The lowest BCUT2D eigenvalue weighted by Crippen LogP contribution is -2.33. The van der Waals surface area contributed by atoms with E-state index >= 15 is 0 Å². The fraction of sp³-hybridized carbons (Fsp3) is 0.688. The van der Waals surface area contributed by atoms with Gasteiger partial charge in [-0.1, -0.05) is 19.9 Å². The lowest BCUT2D eigenvalue weighted by atomic mass is 9.99. The minimum atomic E-state index is 0.392. The molecule has 1 atom stereocenters. The predicted molar refractivity (Wildman–Crippen MR) is 81.6 cm³/mol. The topological polar surface area (TPSA) is 28.2 Å². The molecule has 1 aliphatic heterocycles. The molecule has 19 heavy (non-hydrogen) atoms. The fourth-order valence-electron chi connectivity index (χ4n) is 2.56. The zero-order valence-electron chi connectivity index (χ0n) is 12.5. The van der Waals surface area contributed by atoms with E-state index in [0.717, 1.165) is 31.4 Å². The Balaban J connectivity index is 1.94. The standard InChI is InChI=1S/C16H27N3/c1-4-9-17-14(3)15-5-6-16(18-12-15)19-10-7-13(2)8-11-19/h5-6,12-14,17H,4,7-11H2,1-3H3. The molecular formula is C16H27N3. The van der Waals surface area contributed by atoms with E-state index in [9.17, 15) is 0 Å². The molecule has 1 N–H and O–H groups in total. The van der Waals surface area contributed by atoms with Gasteiger partial charge in [0.15, 0.2) is 0 Å². The summed E-state index contributed by atoms with van der Waals surface area (Å²) >= 11 is 0. The molecule has 1 aromatic rings. The van der Waals surface area contributed by atoms with Crippen LogP contribution in [0.2, 0.25) is 0 Å². The van der Waals surface area contributed by atoms with Crippen molar-refractivity contribution in [2.75, 3.05) is 24.5 Å². The van der Waals surface area contributed by atoms with E-state index in [1.807, 2.05) is 6.20 Å². The van der Waals surface area contributed by atoms with Crippen LogP contribution in [0.1, 0.15) is 51.6 Å². The van der Waals surface area contributed by atoms with E-state index in [0.29, 0.717) is 6.04 Å². The molecule has 1 unspecified atom stereocenters. The van der Waals surface area contributed by atoms with E-state index in [1.165, 1.54) is 24.8 Å². The number of aromatic nitrogens is 1. The molecule has 0 bridgehead atoms. The van der Waals surface area contributed by atoms with Crippen LogP contribution in [0.25, 0.3) is 0 Å². The number of nitrogens with one attached hydrogen (secondary N) is 1. The Labute approximate surface area is 117 Å². The van der Waals surface area contributed by atoms with Gasteiger partial charge in [-0.15, -0.1) is 0 Å². The van der Waals surface area contributed by atoms with Gasteiger partial charge in [0.25, 0.3) is 0 Å². The highest BCUT2D eigenvalue weighted by atomic mass is 15.2. The summed E-state index contributed by atoms with van der Waals surface area (Å²) in [7, 11) is 0. The van der Waals surface area contributed by atoms with Crippen molar-refractivity contribution in [3.8, 4) is 0 Å². The van der Waals surface area contributed by atoms with Gasteiger partial charge < -0.3 is 10.2 Å². The number of pyridine rings is 1. The van der Waals surface area contributed by atoms with Gasteiger partial charge in [0.2, 0.25) is 0 Å². The second-order valence-corrected chi connectivity index (χ2v) is 5.80. The Morgan fingerprint density at radius 1 is 1.37 bits per heavy atom. The van der Waals surface area contributed by atoms with Gasteiger partial charge in [0.05, 0.1) is 0 Å². The monoisotopic (exact) mass is 261 g/mol. The van der Waals surface area contributed by atoms with Crippen molar-refractivity contribution in [2.45, 2.75) is 46.1 Å². The van der Waals surface area contributed by atoms with Crippen LogP contribution >= 0.6 is 0 Å². The zero-order chi connectivity index (χ0) is 13.7. The maximum atomic E-state index is 4.64. The lowest BCUT2D eigenvalue weighted by molar-refractivity contribution is 0.436. The Morgan fingerprint density at radius 2 is 2.11 bits per heavy atom. The van der Waals surface area contributed by atoms with Crippen LogP contribution < -0.4 is 10.2 Å². The van der Waals surface area contributed by atoms with Gasteiger partial charge in [0, 0.05) is 25.3 Å². The number of rotatable bonds is 5. The predicted octanol–water partition coefficient (Wildman–Crippen LogP) is 3.38.